The van der Waals surface area contributed by atoms with Crippen molar-refractivity contribution in [3.05, 3.63) is 54.1 Å². The van der Waals surface area contributed by atoms with Crippen LogP contribution in [0.4, 0.5) is 4.39 Å². The molecule has 0 fully saturated rings. The molecule has 0 amide bonds. The van der Waals surface area contributed by atoms with Crippen molar-refractivity contribution in [1.29, 1.82) is 0 Å². The molecule has 1 aromatic carbocycles. The van der Waals surface area contributed by atoms with Gasteiger partial charge in [0.1, 0.15) is 24.0 Å². The van der Waals surface area contributed by atoms with Crippen molar-refractivity contribution in [2.75, 3.05) is 0 Å². The molecule has 3 heterocycles. The minimum atomic E-state index is -0.328. The lowest BCUT2D eigenvalue weighted by molar-refractivity contribution is 0.265. The molecule has 0 radical (unpaired) electrons. The zero-order chi connectivity index (χ0) is 16.4. The molecule has 1 aliphatic rings. The Labute approximate surface area is 138 Å². The van der Waals surface area contributed by atoms with Crippen LogP contribution in [0, 0.1) is 11.7 Å². The number of hydrogen-bond acceptors (Lipinski definition) is 5. The molecule has 24 heavy (non-hydrogen) atoms. The second-order valence-corrected chi connectivity index (χ2v) is 5.92. The van der Waals surface area contributed by atoms with Gasteiger partial charge in [-0.1, -0.05) is 6.07 Å². The van der Waals surface area contributed by atoms with Gasteiger partial charge in [-0.25, -0.2) is 14.1 Å². The molecule has 1 atom stereocenters. The third kappa shape index (κ3) is 3.12. The monoisotopic (exact) mass is 328 g/mol. The molecule has 124 valence electrons. The maximum atomic E-state index is 13.2. The van der Waals surface area contributed by atoms with E-state index in [1.165, 1.54) is 12.1 Å². The van der Waals surface area contributed by atoms with Gasteiger partial charge in [-0.2, -0.15) is 0 Å². The van der Waals surface area contributed by atoms with Gasteiger partial charge in [-0.15, -0.1) is 5.10 Å². The predicted octanol–water partition coefficient (Wildman–Crippen LogP) is 1.85. The van der Waals surface area contributed by atoms with Gasteiger partial charge in [0.2, 0.25) is 0 Å². The Balaban J connectivity index is 1.40. The van der Waals surface area contributed by atoms with Crippen LogP contribution >= 0.6 is 0 Å². The molecule has 1 unspecified atom stereocenters. The lowest BCUT2D eigenvalue weighted by atomic mass is 9.99. The smallest absolute Gasteiger partial charge is 0.189 e. The van der Waals surface area contributed by atoms with E-state index in [-0.39, 0.29) is 12.4 Å². The number of hydrogen-bond donors (Lipinski definition) is 0. The van der Waals surface area contributed by atoms with Crippen LogP contribution in [0.1, 0.15) is 18.1 Å². The Hall–Kier alpha value is -2.77. The second-order valence-electron chi connectivity index (χ2n) is 5.92. The van der Waals surface area contributed by atoms with E-state index in [0.717, 1.165) is 31.8 Å². The summed E-state index contributed by atoms with van der Waals surface area (Å²) in [4.78, 5) is 4.34. The quantitative estimate of drug-likeness (QED) is 0.715. The standard InChI is InChI=1S/C16H17FN6O/c17-13-2-1-3-14(8-13)24-11-16-19-20-21-23(16)10-12-4-5-15-18-6-7-22(15)9-12/h1-3,6-8,12H,4-5,9-11H2. The maximum Gasteiger partial charge on any atom is 0.189 e. The van der Waals surface area contributed by atoms with E-state index in [4.69, 9.17) is 4.74 Å². The number of fused-ring (bicyclic) bond motifs is 1. The zero-order valence-corrected chi connectivity index (χ0v) is 13.0. The first-order valence-electron chi connectivity index (χ1n) is 7.91. The Morgan fingerprint density at radius 1 is 1.33 bits per heavy atom. The SMILES string of the molecule is Fc1cccc(OCc2nnnn2CC2CCc3nccn3C2)c1. The lowest BCUT2D eigenvalue weighted by Gasteiger charge is -2.23. The van der Waals surface area contributed by atoms with E-state index in [1.807, 2.05) is 12.4 Å². The number of aromatic nitrogens is 6. The normalized spacial score (nSPS) is 16.8. The molecule has 0 saturated heterocycles. The molecule has 0 bridgehead atoms. The van der Waals surface area contributed by atoms with E-state index in [1.54, 1.807) is 16.8 Å². The van der Waals surface area contributed by atoms with Crippen LogP contribution in [0.5, 0.6) is 5.75 Å². The molecular formula is C16H17FN6O. The Kier molecular flexibility index (Phi) is 3.94. The van der Waals surface area contributed by atoms with Crippen molar-refractivity contribution in [3.8, 4) is 5.75 Å². The van der Waals surface area contributed by atoms with E-state index in [9.17, 15) is 4.39 Å². The third-order valence-corrected chi connectivity index (χ3v) is 4.23. The fraction of sp³-hybridized carbons (Fsp3) is 0.375. The van der Waals surface area contributed by atoms with Crippen molar-refractivity contribution in [3.63, 3.8) is 0 Å². The fourth-order valence-electron chi connectivity index (χ4n) is 3.00. The minimum Gasteiger partial charge on any atom is -0.485 e. The summed E-state index contributed by atoms with van der Waals surface area (Å²) >= 11 is 0. The summed E-state index contributed by atoms with van der Waals surface area (Å²) in [6.07, 6.45) is 5.87. The van der Waals surface area contributed by atoms with Crippen LogP contribution in [0.3, 0.4) is 0 Å². The summed E-state index contributed by atoms with van der Waals surface area (Å²) in [5.41, 5.74) is 0. The van der Waals surface area contributed by atoms with Crippen LogP contribution < -0.4 is 4.74 Å². The van der Waals surface area contributed by atoms with Crippen molar-refractivity contribution in [1.82, 2.24) is 29.8 Å². The van der Waals surface area contributed by atoms with Crippen LogP contribution in [0.15, 0.2) is 36.7 Å². The van der Waals surface area contributed by atoms with E-state index in [0.29, 0.717) is 17.5 Å². The number of imidazole rings is 1. The largest absolute Gasteiger partial charge is 0.485 e. The van der Waals surface area contributed by atoms with E-state index >= 15 is 0 Å². The topological polar surface area (TPSA) is 70.7 Å². The number of tetrazole rings is 1. The molecule has 0 N–H and O–H groups in total. The number of nitrogens with zero attached hydrogens (tertiary/aromatic N) is 6. The van der Waals surface area contributed by atoms with Gasteiger partial charge in [0.25, 0.3) is 0 Å². The summed E-state index contributed by atoms with van der Waals surface area (Å²) in [7, 11) is 0. The van der Waals surface area contributed by atoms with Gasteiger partial charge < -0.3 is 9.30 Å². The maximum absolute atomic E-state index is 13.2. The number of ether oxygens (including phenoxy) is 1. The Bertz CT molecular complexity index is 829. The predicted molar refractivity (Wildman–Crippen MR) is 82.6 cm³/mol. The number of benzene rings is 1. The van der Waals surface area contributed by atoms with Crippen LogP contribution in [0.25, 0.3) is 0 Å². The summed E-state index contributed by atoms with van der Waals surface area (Å²) in [6, 6.07) is 6.04. The highest BCUT2D eigenvalue weighted by Gasteiger charge is 2.21. The first-order valence-corrected chi connectivity index (χ1v) is 7.91. The summed E-state index contributed by atoms with van der Waals surface area (Å²) < 4.78 is 22.7. The van der Waals surface area contributed by atoms with Gasteiger partial charge in [0.05, 0.1) is 0 Å². The van der Waals surface area contributed by atoms with Crippen LogP contribution in [-0.4, -0.2) is 29.8 Å². The number of halogens is 1. The van der Waals surface area contributed by atoms with Gasteiger partial charge in [0.15, 0.2) is 5.82 Å². The minimum absolute atomic E-state index is 0.208. The number of rotatable bonds is 5. The first-order chi connectivity index (χ1) is 11.8. The van der Waals surface area contributed by atoms with Gasteiger partial charge >= 0.3 is 0 Å². The average molecular weight is 328 g/mol. The molecular weight excluding hydrogens is 311 g/mol. The van der Waals surface area contributed by atoms with E-state index in [2.05, 4.69) is 25.1 Å². The van der Waals surface area contributed by atoms with Crippen molar-refractivity contribution < 1.29 is 9.13 Å². The average Bonchev–Trinajstić information content (AvgIpc) is 3.22. The van der Waals surface area contributed by atoms with Crippen LogP contribution in [-0.2, 0) is 26.1 Å². The second kappa shape index (κ2) is 6.38. The third-order valence-electron chi connectivity index (χ3n) is 4.23. The fourth-order valence-corrected chi connectivity index (χ4v) is 3.00. The molecule has 0 spiro atoms. The molecule has 0 aliphatic carbocycles. The van der Waals surface area contributed by atoms with E-state index < -0.39 is 0 Å². The Morgan fingerprint density at radius 3 is 3.21 bits per heavy atom. The first kappa shape index (κ1) is 14.8. The number of aryl methyl sites for hydroxylation is 1. The highest BCUT2D eigenvalue weighted by atomic mass is 19.1. The summed E-state index contributed by atoms with van der Waals surface area (Å²) in [5, 5.41) is 11.8. The Morgan fingerprint density at radius 2 is 2.29 bits per heavy atom. The van der Waals surface area contributed by atoms with Gasteiger partial charge in [0, 0.05) is 38.0 Å². The molecule has 3 aromatic rings. The van der Waals surface area contributed by atoms with Gasteiger partial charge in [-0.3, -0.25) is 0 Å². The summed E-state index contributed by atoms with van der Waals surface area (Å²) in [6.45, 7) is 1.85. The zero-order valence-electron chi connectivity index (χ0n) is 13.0. The van der Waals surface area contributed by atoms with Crippen molar-refractivity contribution in [2.45, 2.75) is 32.5 Å². The van der Waals surface area contributed by atoms with Crippen LogP contribution in [0.2, 0.25) is 0 Å². The van der Waals surface area contributed by atoms with Gasteiger partial charge in [-0.05, 0) is 34.9 Å². The lowest BCUT2D eigenvalue weighted by Crippen LogP contribution is -2.25. The molecule has 7 nitrogen and oxygen atoms in total. The summed E-state index contributed by atoms with van der Waals surface area (Å²) in [5.74, 6) is 2.35. The molecule has 2 aromatic heterocycles. The highest BCUT2D eigenvalue weighted by Crippen LogP contribution is 2.20. The highest BCUT2D eigenvalue weighted by molar-refractivity contribution is 5.22. The van der Waals surface area contributed by atoms with Crippen molar-refractivity contribution in [2.24, 2.45) is 5.92 Å². The molecule has 0 saturated carbocycles. The molecule has 1 aliphatic heterocycles. The molecule has 4 rings (SSSR count). The van der Waals surface area contributed by atoms with Crippen molar-refractivity contribution >= 4 is 0 Å². The molecule has 8 heteroatoms.